The number of hydrogen-bond acceptors (Lipinski definition) is 4. The van der Waals surface area contributed by atoms with Gasteiger partial charge in [0.1, 0.15) is 5.84 Å². The van der Waals surface area contributed by atoms with Crippen molar-refractivity contribution in [3.05, 3.63) is 24.3 Å². The minimum atomic E-state index is -0.325. The zero-order chi connectivity index (χ0) is 14.5. The van der Waals surface area contributed by atoms with E-state index < -0.39 is 0 Å². The molecule has 0 radical (unpaired) electrons. The van der Waals surface area contributed by atoms with Crippen LogP contribution in [-0.2, 0) is 0 Å². The summed E-state index contributed by atoms with van der Waals surface area (Å²) in [7, 11) is 4.03. The van der Waals surface area contributed by atoms with Crippen molar-refractivity contribution in [2.75, 3.05) is 30.9 Å². The average Bonchev–Trinajstić information content (AvgIpc) is 2.37. The molecule has 0 saturated heterocycles. The van der Waals surface area contributed by atoms with Crippen molar-refractivity contribution in [3.63, 3.8) is 0 Å². The van der Waals surface area contributed by atoms with E-state index in [4.69, 9.17) is 10.9 Å². The molecule has 0 aliphatic rings. The number of nitrogens with two attached hydrogens (primary N) is 1. The van der Waals surface area contributed by atoms with Crippen molar-refractivity contribution in [3.8, 4) is 0 Å². The average molecular weight is 264 g/mol. The first-order chi connectivity index (χ1) is 8.88. The van der Waals surface area contributed by atoms with Crippen molar-refractivity contribution >= 4 is 17.2 Å². The molecule has 1 aromatic carbocycles. The van der Waals surface area contributed by atoms with Gasteiger partial charge in [0.15, 0.2) is 0 Å². The SMILES string of the molecule is CN(C)c1ccccc1NCCC(C)(C)/C(N)=N/O. The van der Waals surface area contributed by atoms with Gasteiger partial charge in [-0.25, -0.2) is 0 Å². The van der Waals surface area contributed by atoms with Crippen molar-refractivity contribution < 1.29 is 5.21 Å². The molecule has 0 amide bonds. The monoisotopic (exact) mass is 264 g/mol. The summed E-state index contributed by atoms with van der Waals surface area (Å²) in [4.78, 5) is 2.07. The summed E-state index contributed by atoms with van der Waals surface area (Å²) in [6, 6.07) is 8.13. The van der Waals surface area contributed by atoms with Crippen LogP contribution in [-0.4, -0.2) is 31.7 Å². The number of benzene rings is 1. The molecule has 0 spiro atoms. The minimum Gasteiger partial charge on any atom is -0.409 e. The van der Waals surface area contributed by atoms with Gasteiger partial charge in [-0.05, 0) is 18.6 Å². The van der Waals surface area contributed by atoms with Gasteiger partial charge in [0.05, 0.1) is 11.4 Å². The third-order valence-electron chi connectivity index (χ3n) is 3.25. The van der Waals surface area contributed by atoms with Crippen LogP contribution in [0, 0.1) is 5.41 Å². The highest BCUT2D eigenvalue weighted by molar-refractivity contribution is 5.85. The highest BCUT2D eigenvalue weighted by atomic mass is 16.4. The van der Waals surface area contributed by atoms with E-state index in [1.165, 1.54) is 0 Å². The van der Waals surface area contributed by atoms with Crippen molar-refractivity contribution in [2.24, 2.45) is 16.3 Å². The van der Waals surface area contributed by atoms with E-state index in [1.54, 1.807) is 0 Å². The Balaban J connectivity index is 2.64. The van der Waals surface area contributed by atoms with Gasteiger partial charge in [-0.3, -0.25) is 0 Å². The maximum absolute atomic E-state index is 8.74. The van der Waals surface area contributed by atoms with E-state index in [2.05, 4.69) is 21.4 Å². The Morgan fingerprint density at radius 2 is 2.00 bits per heavy atom. The zero-order valence-corrected chi connectivity index (χ0v) is 12.1. The number of nitrogens with zero attached hydrogens (tertiary/aromatic N) is 2. The van der Waals surface area contributed by atoms with E-state index in [-0.39, 0.29) is 11.3 Å². The summed E-state index contributed by atoms with van der Waals surface area (Å²) in [5, 5.41) is 15.2. The molecule has 5 nitrogen and oxygen atoms in total. The fourth-order valence-corrected chi connectivity index (χ4v) is 1.79. The van der Waals surface area contributed by atoms with Gasteiger partial charge in [0.2, 0.25) is 0 Å². The maximum atomic E-state index is 8.74. The molecule has 0 bridgehead atoms. The molecule has 4 N–H and O–H groups in total. The molecular weight excluding hydrogens is 240 g/mol. The second-order valence-corrected chi connectivity index (χ2v) is 5.46. The quantitative estimate of drug-likeness (QED) is 0.319. The Hall–Kier alpha value is -1.91. The number of amidine groups is 1. The number of anilines is 2. The van der Waals surface area contributed by atoms with Crippen LogP contribution in [0.4, 0.5) is 11.4 Å². The highest BCUT2D eigenvalue weighted by Gasteiger charge is 2.23. The van der Waals surface area contributed by atoms with Crippen LogP contribution < -0.4 is 16.0 Å². The molecular formula is C14H24N4O. The van der Waals surface area contributed by atoms with Gasteiger partial charge in [-0.1, -0.05) is 31.1 Å². The van der Waals surface area contributed by atoms with E-state index in [0.717, 1.165) is 24.3 Å². The molecule has 0 fully saturated rings. The lowest BCUT2D eigenvalue weighted by Gasteiger charge is -2.24. The normalized spacial score (nSPS) is 12.3. The molecule has 0 unspecified atom stereocenters. The van der Waals surface area contributed by atoms with Crippen LogP contribution in [0.3, 0.4) is 0 Å². The van der Waals surface area contributed by atoms with Gasteiger partial charge < -0.3 is 21.2 Å². The van der Waals surface area contributed by atoms with Crippen LogP contribution in [0.5, 0.6) is 0 Å². The second kappa shape index (κ2) is 6.31. The molecule has 0 saturated carbocycles. The predicted molar refractivity (Wildman–Crippen MR) is 81.1 cm³/mol. The lowest BCUT2D eigenvalue weighted by atomic mass is 9.88. The fourth-order valence-electron chi connectivity index (χ4n) is 1.79. The summed E-state index contributed by atoms with van der Waals surface area (Å²) in [6.07, 6.45) is 0.782. The highest BCUT2D eigenvalue weighted by Crippen LogP contribution is 2.25. The number of nitrogens with one attached hydrogen (secondary N) is 1. The third-order valence-corrected chi connectivity index (χ3v) is 3.25. The molecule has 0 atom stereocenters. The summed E-state index contributed by atoms with van der Waals surface area (Å²) in [5.41, 5.74) is 7.58. The standard InChI is InChI=1S/C14H24N4O/c1-14(2,13(15)17-19)9-10-16-11-7-5-6-8-12(11)18(3)4/h5-8,16,19H,9-10H2,1-4H3,(H2,15,17). The lowest BCUT2D eigenvalue weighted by Crippen LogP contribution is -2.33. The largest absolute Gasteiger partial charge is 0.409 e. The third kappa shape index (κ3) is 4.05. The van der Waals surface area contributed by atoms with Crippen LogP contribution >= 0.6 is 0 Å². The van der Waals surface area contributed by atoms with Crippen LogP contribution in [0.2, 0.25) is 0 Å². The van der Waals surface area contributed by atoms with Gasteiger partial charge in [0.25, 0.3) is 0 Å². The predicted octanol–water partition coefficient (Wildman–Crippen LogP) is 2.33. The Morgan fingerprint density at radius 1 is 1.37 bits per heavy atom. The van der Waals surface area contributed by atoms with Gasteiger partial charge in [0, 0.05) is 26.1 Å². The first kappa shape index (κ1) is 15.1. The van der Waals surface area contributed by atoms with E-state index >= 15 is 0 Å². The summed E-state index contributed by atoms with van der Waals surface area (Å²) in [5.74, 6) is 0.259. The van der Waals surface area contributed by atoms with Crippen LogP contribution in [0.1, 0.15) is 20.3 Å². The molecule has 0 aliphatic carbocycles. The van der Waals surface area contributed by atoms with Crippen molar-refractivity contribution in [1.82, 2.24) is 0 Å². The summed E-state index contributed by atoms with van der Waals surface area (Å²) < 4.78 is 0. The molecule has 106 valence electrons. The first-order valence-electron chi connectivity index (χ1n) is 6.36. The summed E-state index contributed by atoms with van der Waals surface area (Å²) >= 11 is 0. The maximum Gasteiger partial charge on any atom is 0.144 e. The molecule has 19 heavy (non-hydrogen) atoms. The van der Waals surface area contributed by atoms with E-state index in [1.807, 2.05) is 46.1 Å². The number of rotatable bonds is 6. The first-order valence-corrected chi connectivity index (χ1v) is 6.36. The topological polar surface area (TPSA) is 73.9 Å². The van der Waals surface area contributed by atoms with E-state index in [0.29, 0.717) is 0 Å². The van der Waals surface area contributed by atoms with Gasteiger partial charge >= 0.3 is 0 Å². The number of hydrogen-bond donors (Lipinski definition) is 3. The molecule has 0 heterocycles. The number of oxime groups is 1. The Bertz CT molecular complexity index is 441. The molecule has 1 aromatic rings. The molecule has 5 heteroatoms. The minimum absolute atomic E-state index is 0.259. The molecule has 0 aliphatic heterocycles. The molecule has 0 aromatic heterocycles. The lowest BCUT2D eigenvalue weighted by molar-refractivity contribution is 0.306. The van der Waals surface area contributed by atoms with Crippen molar-refractivity contribution in [2.45, 2.75) is 20.3 Å². The Labute approximate surface area is 115 Å². The van der Waals surface area contributed by atoms with Gasteiger partial charge in [-0.15, -0.1) is 0 Å². The van der Waals surface area contributed by atoms with Crippen molar-refractivity contribution in [1.29, 1.82) is 0 Å². The smallest absolute Gasteiger partial charge is 0.144 e. The van der Waals surface area contributed by atoms with Crippen LogP contribution in [0.15, 0.2) is 29.4 Å². The van der Waals surface area contributed by atoms with Gasteiger partial charge in [-0.2, -0.15) is 0 Å². The Kier molecular flexibility index (Phi) is 5.03. The van der Waals surface area contributed by atoms with Crippen LogP contribution in [0.25, 0.3) is 0 Å². The fraction of sp³-hybridized carbons (Fsp3) is 0.500. The van der Waals surface area contributed by atoms with E-state index in [9.17, 15) is 0 Å². The second-order valence-electron chi connectivity index (χ2n) is 5.46. The number of para-hydroxylation sites is 2. The molecule has 1 rings (SSSR count). The zero-order valence-electron chi connectivity index (χ0n) is 12.1. The Morgan fingerprint density at radius 3 is 2.58 bits per heavy atom. The summed E-state index contributed by atoms with van der Waals surface area (Å²) in [6.45, 7) is 4.68.